The van der Waals surface area contributed by atoms with Crippen molar-refractivity contribution in [2.75, 3.05) is 24.7 Å². The monoisotopic (exact) mass is 496 g/mol. The number of aromatic nitrogens is 4. The maximum absolute atomic E-state index is 12.3. The fourth-order valence-corrected chi connectivity index (χ4v) is 5.39. The van der Waals surface area contributed by atoms with Gasteiger partial charge in [-0.2, -0.15) is 10.2 Å². The maximum atomic E-state index is 12.3. The van der Waals surface area contributed by atoms with Crippen LogP contribution in [0.2, 0.25) is 0 Å². The first kappa shape index (κ1) is 23.5. The molecule has 1 unspecified atom stereocenters. The molecule has 1 atom stereocenters. The van der Waals surface area contributed by atoms with Crippen molar-refractivity contribution < 1.29 is 9.53 Å². The molecule has 2 aromatic carbocycles. The van der Waals surface area contributed by atoms with Crippen LogP contribution in [0.3, 0.4) is 0 Å². The second-order valence-corrected chi connectivity index (χ2v) is 9.92. The van der Waals surface area contributed by atoms with E-state index in [0.29, 0.717) is 19.7 Å². The second-order valence-electron chi connectivity index (χ2n) is 9.92. The fourth-order valence-electron chi connectivity index (χ4n) is 5.39. The maximum Gasteiger partial charge on any atom is 0.219 e. The summed E-state index contributed by atoms with van der Waals surface area (Å²) in [6, 6.07) is 19.3. The zero-order chi connectivity index (χ0) is 25.4. The Kier molecular flexibility index (Phi) is 6.26. The highest BCUT2D eigenvalue weighted by Crippen LogP contribution is 2.37. The second kappa shape index (κ2) is 9.86. The average molecular weight is 497 g/mol. The first-order chi connectivity index (χ1) is 18.1. The number of rotatable bonds is 6. The molecule has 1 fully saturated rings. The van der Waals surface area contributed by atoms with E-state index in [4.69, 9.17) is 9.84 Å². The number of amides is 1. The molecule has 6 rings (SSSR count). The van der Waals surface area contributed by atoms with Gasteiger partial charge in [0.15, 0.2) is 5.82 Å². The van der Waals surface area contributed by atoms with Gasteiger partial charge in [-0.1, -0.05) is 42.5 Å². The molecule has 0 aliphatic carbocycles. The van der Waals surface area contributed by atoms with Gasteiger partial charge in [0.25, 0.3) is 0 Å². The van der Waals surface area contributed by atoms with Crippen LogP contribution in [-0.2, 0) is 36.1 Å². The van der Waals surface area contributed by atoms with Crippen molar-refractivity contribution in [3.05, 3.63) is 83.8 Å². The quantitative estimate of drug-likeness (QED) is 0.394. The Morgan fingerprint density at radius 3 is 2.59 bits per heavy atom. The molecule has 0 spiro atoms. The lowest BCUT2D eigenvalue weighted by Crippen LogP contribution is -2.35. The molecule has 8 heteroatoms. The summed E-state index contributed by atoms with van der Waals surface area (Å²) >= 11 is 0. The number of nitrogens with zero attached hydrogens (tertiary/aromatic N) is 6. The van der Waals surface area contributed by atoms with E-state index in [2.05, 4.69) is 63.2 Å². The van der Waals surface area contributed by atoms with E-state index in [1.54, 1.807) is 6.92 Å². The lowest BCUT2D eigenvalue weighted by atomic mass is 10.0. The van der Waals surface area contributed by atoms with Gasteiger partial charge in [0.1, 0.15) is 0 Å². The molecule has 8 nitrogen and oxygen atoms in total. The van der Waals surface area contributed by atoms with Gasteiger partial charge >= 0.3 is 0 Å². The van der Waals surface area contributed by atoms with Crippen molar-refractivity contribution in [2.24, 2.45) is 7.05 Å². The van der Waals surface area contributed by atoms with Crippen LogP contribution >= 0.6 is 0 Å². The third-order valence-electron chi connectivity index (χ3n) is 7.42. The van der Waals surface area contributed by atoms with Crippen LogP contribution < -0.4 is 4.90 Å². The lowest BCUT2D eigenvalue weighted by molar-refractivity contribution is -0.129. The van der Waals surface area contributed by atoms with Gasteiger partial charge in [-0.3, -0.25) is 14.2 Å². The number of hydrogen-bond donors (Lipinski definition) is 0. The van der Waals surface area contributed by atoms with Gasteiger partial charge in [-0.25, -0.2) is 0 Å². The van der Waals surface area contributed by atoms with Crippen LogP contribution in [0.1, 0.15) is 36.2 Å². The number of anilines is 2. The van der Waals surface area contributed by atoms with Gasteiger partial charge < -0.3 is 14.5 Å². The standard InChI is InChI=1S/C29H32N6O2/c1-21(36)33-14-12-28-27(19-33)29(31-35(28)26-13-15-37-20-26)34(17-22-6-4-3-5-7-22)25-10-8-23(9-11-25)24-16-30-32(2)18-24/h3-11,16,18,26H,12-15,17,19-20H2,1-2H3. The molecule has 0 radical (unpaired) electrons. The molecule has 190 valence electrons. The van der Waals surface area contributed by atoms with E-state index in [9.17, 15) is 4.79 Å². The number of ether oxygens (including phenoxy) is 1. The summed E-state index contributed by atoms with van der Waals surface area (Å²) in [7, 11) is 1.93. The molecule has 4 aromatic rings. The molecule has 0 N–H and O–H groups in total. The van der Waals surface area contributed by atoms with Gasteiger partial charge in [-0.05, 0) is 29.7 Å². The minimum atomic E-state index is 0.101. The fraction of sp³-hybridized carbons (Fsp3) is 0.345. The van der Waals surface area contributed by atoms with Gasteiger partial charge in [0.2, 0.25) is 5.91 Å². The van der Waals surface area contributed by atoms with Crippen molar-refractivity contribution >= 4 is 17.4 Å². The summed E-state index contributed by atoms with van der Waals surface area (Å²) in [6.07, 6.45) is 5.67. The Bertz CT molecular complexity index is 1390. The van der Waals surface area contributed by atoms with Crippen LogP contribution in [0.5, 0.6) is 0 Å². The van der Waals surface area contributed by atoms with Crippen LogP contribution in [0.25, 0.3) is 11.1 Å². The first-order valence-electron chi connectivity index (χ1n) is 12.9. The summed E-state index contributed by atoms with van der Waals surface area (Å²) in [4.78, 5) is 16.6. The van der Waals surface area contributed by atoms with E-state index < -0.39 is 0 Å². The number of benzene rings is 2. The molecule has 2 aromatic heterocycles. The zero-order valence-corrected chi connectivity index (χ0v) is 21.4. The number of carbonyl (C=O) groups is 1. The lowest BCUT2D eigenvalue weighted by Gasteiger charge is -2.29. The largest absolute Gasteiger partial charge is 0.379 e. The number of carbonyl (C=O) groups excluding carboxylic acids is 1. The van der Waals surface area contributed by atoms with Crippen LogP contribution in [0, 0.1) is 0 Å². The minimum absolute atomic E-state index is 0.101. The SMILES string of the molecule is CC(=O)N1CCc2c(c(N(Cc3ccccc3)c3ccc(-c4cnn(C)c4)cc3)nn2C2CCOC2)C1. The summed E-state index contributed by atoms with van der Waals surface area (Å²) < 4.78 is 9.73. The van der Waals surface area contributed by atoms with Gasteiger partial charge in [0.05, 0.1) is 25.4 Å². The van der Waals surface area contributed by atoms with Gasteiger partial charge in [-0.15, -0.1) is 0 Å². The summed E-state index contributed by atoms with van der Waals surface area (Å²) in [5.74, 6) is 1.02. The summed E-state index contributed by atoms with van der Waals surface area (Å²) in [6.45, 7) is 5.07. The molecule has 4 heterocycles. The zero-order valence-electron chi connectivity index (χ0n) is 21.4. The smallest absolute Gasteiger partial charge is 0.219 e. The van der Waals surface area contributed by atoms with Crippen molar-refractivity contribution in [3.8, 4) is 11.1 Å². The van der Waals surface area contributed by atoms with Crippen molar-refractivity contribution in [3.63, 3.8) is 0 Å². The molecule has 2 aliphatic rings. The normalized spacial score (nSPS) is 17.1. The van der Waals surface area contributed by atoms with E-state index in [1.165, 1.54) is 11.3 Å². The Morgan fingerprint density at radius 2 is 1.92 bits per heavy atom. The van der Waals surface area contributed by atoms with Crippen molar-refractivity contribution in [2.45, 2.75) is 38.9 Å². The minimum Gasteiger partial charge on any atom is -0.379 e. The molecular weight excluding hydrogens is 464 g/mol. The molecular formula is C29H32N6O2. The highest BCUT2D eigenvalue weighted by atomic mass is 16.5. The van der Waals surface area contributed by atoms with E-state index in [1.807, 2.05) is 35.1 Å². The summed E-state index contributed by atoms with van der Waals surface area (Å²) in [5.41, 5.74) is 6.84. The number of aryl methyl sites for hydroxylation is 1. The van der Waals surface area contributed by atoms with E-state index >= 15 is 0 Å². The van der Waals surface area contributed by atoms with E-state index in [-0.39, 0.29) is 11.9 Å². The number of fused-ring (bicyclic) bond motifs is 1. The molecule has 2 aliphatic heterocycles. The molecule has 37 heavy (non-hydrogen) atoms. The average Bonchev–Trinajstić information content (AvgIpc) is 3.68. The van der Waals surface area contributed by atoms with Crippen LogP contribution in [0.15, 0.2) is 67.0 Å². The first-order valence-corrected chi connectivity index (χ1v) is 12.9. The Labute approximate surface area is 217 Å². The Morgan fingerprint density at radius 1 is 1.11 bits per heavy atom. The van der Waals surface area contributed by atoms with Crippen LogP contribution in [0.4, 0.5) is 11.5 Å². The Balaban J connectivity index is 1.44. The molecule has 1 saturated heterocycles. The predicted octanol–water partition coefficient (Wildman–Crippen LogP) is 4.49. The number of hydrogen-bond acceptors (Lipinski definition) is 5. The van der Waals surface area contributed by atoms with Crippen molar-refractivity contribution in [1.29, 1.82) is 0 Å². The highest BCUT2D eigenvalue weighted by Gasteiger charge is 2.32. The van der Waals surface area contributed by atoms with Crippen molar-refractivity contribution in [1.82, 2.24) is 24.5 Å². The third kappa shape index (κ3) is 4.64. The Hall–Kier alpha value is -3.91. The third-order valence-corrected chi connectivity index (χ3v) is 7.42. The molecule has 0 bridgehead atoms. The van der Waals surface area contributed by atoms with Crippen LogP contribution in [-0.4, -0.2) is 50.1 Å². The topological polar surface area (TPSA) is 68.4 Å². The molecule has 0 saturated carbocycles. The summed E-state index contributed by atoms with van der Waals surface area (Å²) in [5, 5.41) is 9.55. The van der Waals surface area contributed by atoms with Gasteiger partial charge in [0, 0.05) is 68.8 Å². The van der Waals surface area contributed by atoms with E-state index in [0.717, 1.165) is 54.2 Å². The molecule has 1 amide bonds. The predicted molar refractivity (Wildman–Crippen MR) is 142 cm³/mol. The highest BCUT2D eigenvalue weighted by molar-refractivity contribution is 5.75.